The largest absolute Gasteiger partial charge is 0.497 e. The summed E-state index contributed by atoms with van der Waals surface area (Å²) in [7, 11) is 3.25. The highest BCUT2D eigenvalue weighted by Crippen LogP contribution is 2.16. The molecular weight excluding hydrogens is 348 g/mol. The topological polar surface area (TPSA) is 86.6 Å². The second-order valence-corrected chi connectivity index (χ2v) is 5.91. The van der Waals surface area contributed by atoms with Crippen molar-refractivity contribution in [1.82, 2.24) is 19.9 Å². The number of carbonyl (C=O) groups is 1. The van der Waals surface area contributed by atoms with Crippen LogP contribution in [0.1, 0.15) is 0 Å². The maximum atomic E-state index is 12.4. The molecule has 0 fully saturated rings. The molecule has 0 aliphatic heterocycles. The Labute approximate surface area is 155 Å². The molecule has 2 aromatic carbocycles. The molecule has 0 saturated heterocycles. The number of amides is 1. The van der Waals surface area contributed by atoms with Crippen molar-refractivity contribution in [1.29, 1.82) is 0 Å². The highest BCUT2D eigenvalue weighted by atomic mass is 16.5. The molecule has 8 nitrogen and oxygen atoms in total. The maximum absolute atomic E-state index is 12.4. The lowest BCUT2D eigenvalue weighted by atomic mass is 10.2. The molecular formula is C19H20N4O4. The molecule has 0 N–H and O–H groups in total. The number of hydrogen-bond donors (Lipinski definition) is 0. The van der Waals surface area contributed by atoms with Gasteiger partial charge in [-0.25, -0.2) is 4.68 Å². The number of likely N-dealkylation sites (N-methyl/N-ethyl adjacent to an activating group) is 1. The highest BCUT2D eigenvalue weighted by molar-refractivity contribution is 5.78. The average molecular weight is 368 g/mol. The van der Waals surface area contributed by atoms with Gasteiger partial charge in [-0.3, -0.25) is 9.59 Å². The van der Waals surface area contributed by atoms with Gasteiger partial charge in [-0.15, -0.1) is 5.10 Å². The third-order valence-electron chi connectivity index (χ3n) is 4.09. The summed E-state index contributed by atoms with van der Waals surface area (Å²) in [4.78, 5) is 26.2. The molecule has 1 heterocycles. The van der Waals surface area contributed by atoms with Gasteiger partial charge in [0.2, 0.25) is 5.91 Å². The summed E-state index contributed by atoms with van der Waals surface area (Å²) in [5.41, 5.74) is 0.171. The highest BCUT2D eigenvalue weighted by Gasteiger charge is 2.13. The van der Waals surface area contributed by atoms with Crippen LogP contribution >= 0.6 is 0 Å². The quantitative estimate of drug-likeness (QED) is 0.625. The van der Waals surface area contributed by atoms with Crippen molar-refractivity contribution in [3.05, 3.63) is 58.9 Å². The van der Waals surface area contributed by atoms with Crippen LogP contribution in [0.15, 0.2) is 53.3 Å². The molecule has 0 aliphatic rings. The molecule has 0 spiro atoms. The van der Waals surface area contributed by atoms with Gasteiger partial charge in [-0.1, -0.05) is 17.3 Å². The van der Waals surface area contributed by atoms with E-state index in [1.165, 1.54) is 4.90 Å². The van der Waals surface area contributed by atoms with E-state index in [-0.39, 0.29) is 18.0 Å². The molecule has 1 amide bonds. The molecule has 140 valence electrons. The minimum absolute atomic E-state index is 0.171. The Morgan fingerprint density at radius 2 is 1.81 bits per heavy atom. The van der Waals surface area contributed by atoms with E-state index in [2.05, 4.69) is 10.3 Å². The first-order valence-corrected chi connectivity index (χ1v) is 8.42. The van der Waals surface area contributed by atoms with Gasteiger partial charge in [0.25, 0.3) is 5.56 Å². The van der Waals surface area contributed by atoms with Crippen LogP contribution < -0.4 is 15.0 Å². The van der Waals surface area contributed by atoms with E-state index in [9.17, 15) is 9.59 Å². The summed E-state index contributed by atoms with van der Waals surface area (Å²) >= 11 is 0. The first kappa shape index (κ1) is 18.4. The lowest BCUT2D eigenvalue weighted by Crippen LogP contribution is -2.37. The van der Waals surface area contributed by atoms with Crippen molar-refractivity contribution in [3.63, 3.8) is 0 Å². The van der Waals surface area contributed by atoms with Gasteiger partial charge in [0, 0.05) is 7.05 Å². The molecule has 3 rings (SSSR count). The van der Waals surface area contributed by atoms with Crippen LogP contribution in [-0.4, -0.2) is 53.1 Å². The third kappa shape index (κ3) is 4.41. The average Bonchev–Trinajstić information content (AvgIpc) is 2.70. The summed E-state index contributed by atoms with van der Waals surface area (Å²) in [5.74, 6) is 1.19. The van der Waals surface area contributed by atoms with Crippen molar-refractivity contribution in [2.45, 2.75) is 6.54 Å². The number of aromatic nitrogens is 3. The minimum atomic E-state index is -0.336. The number of fused-ring (bicyclic) bond motifs is 1. The summed E-state index contributed by atoms with van der Waals surface area (Å²) in [6.07, 6.45) is 0. The first-order valence-electron chi connectivity index (χ1n) is 8.42. The second-order valence-electron chi connectivity index (χ2n) is 5.91. The fourth-order valence-electron chi connectivity index (χ4n) is 2.47. The van der Waals surface area contributed by atoms with Gasteiger partial charge in [0.15, 0.2) is 0 Å². The minimum Gasteiger partial charge on any atom is -0.497 e. The van der Waals surface area contributed by atoms with Gasteiger partial charge >= 0.3 is 0 Å². The van der Waals surface area contributed by atoms with Gasteiger partial charge < -0.3 is 14.4 Å². The van der Waals surface area contributed by atoms with Crippen LogP contribution in [0.2, 0.25) is 0 Å². The summed E-state index contributed by atoms with van der Waals surface area (Å²) in [6, 6.07) is 14.1. The Morgan fingerprint density at radius 3 is 2.56 bits per heavy atom. The zero-order chi connectivity index (χ0) is 19.2. The van der Waals surface area contributed by atoms with E-state index < -0.39 is 0 Å². The van der Waals surface area contributed by atoms with Crippen LogP contribution in [0.4, 0.5) is 0 Å². The Balaban J connectivity index is 1.56. The van der Waals surface area contributed by atoms with E-state index in [1.807, 2.05) is 0 Å². The van der Waals surface area contributed by atoms with Crippen molar-refractivity contribution in [3.8, 4) is 11.5 Å². The number of carbonyl (C=O) groups excluding carboxylic acids is 1. The van der Waals surface area contributed by atoms with Crippen LogP contribution in [-0.2, 0) is 11.3 Å². The molecule has 0 saturated carbocycles. The van der Waals surface area contributed by atoms with Crippen molar-refractivity contribution in [2.75, 3.05) is 27.3 Å². The standard InChI is InChI=1S/C19H20N4O4/c1-22(11-12-27-15-9-7-14(26-2)8-10-15)18(24)13-23-19(25)16-5-3-4-6-17(16)20-21-23/h3-10H,11-13H2,1-2H3. The van der Waals surface area contributed by atoms with Gasteiger partial charge in [0.05, 0.1) is 19.0 Å². The van der Waals surface area contributed by atoms with Crippen molar-refractivity contribution in [2.24, 2.45) is 0 Å². The Hall–Kier alpha value is -3.42. The van der Waals surface area contributed by atoms with E-state index in [1.54, 1.807) is 62.7 Å². The molecule has 3 aromatic rings. The van der Waals surface area contributed by atoms with E-state index in [0.29, 0.717) is 29.8 Å². The predicted molar refractivity (Wildman–Crippen MR) is 99.9 cm³/mol. The molecule has 0 bridgehead atoms. The molecule has 0 radical (unpaired) electrons. The first-order chi connectivity index (χ1) is 13.1. The van der Waals surface area contributed by atoms with Crippen molar-refractivity contribution < 1.29 is 14.3 Å². The van der Waals surface area contributed by atoms with Crippen LogP contribution in [0.5, 0.6) is 11.5 Å². The molecule has 0 unspecified atom stereocenters. The monoisotopic (exact) mass is 368 g/mol. The maximum Gasteiger partial charge on any atom is 0.278 e. The second kappa shape index (κ2) is 8.31. The lowest BCUT2D eigenvalue weighted by molar-refractivity contribution is -0.131. The van der Waals surface area contributed by atoms with Gasteiger partial charge in [-0.2, -0.15) is 0 Å². The fraction of sp³-hybridized carbons (Fsp3) is 0.263. The summed E-state index contributed by atoms with van der Waals surface area (Å²) in [6.45, 7) is 0.531. The number of rotatable bonds is 7. The van der Waals surface area contributed by atoms with E-state index >= 15 is 0 Å². The number of nitrogens with zero attached hydrogens (tertiary/aromatic N) is 4. The van der Waals surface area contributed by atoms with Crippen LogP contribution in [0, 0.1) is 0 Å². The molecule has 8 heteroatoms. The number of methoxy groups -OCH3 is 1. The zero-order valence-corrected chi connectivity index (χ0v) is 15.2. The molecule has 27 heavy (non-hydrogen) atoms. The number of ether oxygens (including phenoxy) is 2. The molecule has 1 aromatic heterocycles. The number of benzene rings is 2. The molecule has 0 aliphatic carbocycles. The molecule has 0 atom stereocenters. The van der Waals surface area contributed by atoms with Gasteiger partial charge in [-0.05, 0) is 36.4 Å². The lowest BCUT2D eigenvalue weighted by Gasteiger charge is -2.17. The zero-order valence-electron chi connectivity index (χ0n) is 15.2. The van der Waals surface area contributed by atoms with Crippen LogP contribution in [0.25, 0.3) is 10.9 Å². The SMILES string of the molecule is COc1ccc(OCCN(C)C(=O)Cn2nnc3ccccc3c2=O)cc1. The Kier molecular flexibility index (Phi) is 5.65. The normalized spacial score (nSPS) is 10.6. The number of hydrogen-bond acceptors (Lipinski definition) is 6. The predicted octanol–water partition coefficient (Wildman–Crippen LogP) is 1.34. The van der Waals surface area contributed by atoms with Crippen molar-refractivity contribution >= 4 is 16.8 Å². The smallest absolute Gasteiger partial charge is 0.278 e. The fourth-order valence-corrected chi connectivity index (χ4v) is 2.47. The summed E-state index contributed by atoms with van der Waals surface area (Å²) in [5, 5.41) is 8.25. The Bertz CT molecular complexity index is 985. The Morgan fingerprint density at radius 1 is 1.11 bits per heavy atom. The van der Waals surface area contributed by atoms with E-state index in [4.69, 9.17) is 9.47 Å². The van der Waals surface area contributed by atoms with Gasteiger partial charge in [0.1, 0.15) is 30.2 Å². The third-order valence-corrected chi connectivity index (χ3v) is 4.09. The van der Waals surface area contributed by atoms with E-state index in [0.717, 1.165) is 10.4 Å². The van der Waals surface area contributed by atoms with Crippen LogP contribution in [0.3, 0.4) is 0 Å². The summed E-state index contributed by atoms with van der Waals surface area (Å²) < 4.78 is 11.8.